The molecule has 0 amide bonds. The molecule has 7 rings (SSSR count). The van der Waals surface area contributed by atoms with Crippen molar-refractivity contribution in [2.45, 2.75) is 13.8 Å². The van der Waals surface area contributed by atoms with E-state index in [0.717, 1.165) is 9.13 Å². The van der Waals surface area contributed by atoms with E-state index in [2.05, 4.69) is 0 Å². The molecule has 0 saturated heterocycles. The van der Waals surface area contributed by atoms with Crippen LogP contribution in [0, 0.1) is 13.8 Å². The standard InChI is InChI=1S/C32H24N2/c1-21-8-7-9-23(18-21)33-30-13-6-4-11-26(30)28-20-24(15-17-32(28)33)34-29-12-5-3-10-25(29)27-19-22(2)14-16-31(27)34/h3-20H,1-2H3/i3D,4D,5D,6D,7D,8D,9D,10D,11D,12D,13D,14D,15D,16D,17D,18D,19D,20D. The quantitative estimate of drug-likeness (QED) is 0.248. The van der Waals surface area contributed by atoms with Gasteiger partial charge in [-0.2, -0.15) is 0 Å². The smallest absolute Gasteiger partial charge is 0.0652 e. The summed E-state index contributed by atoms with van der Waals surface area (Å²) in [7, 11) is 0. The van der Waals surface area contributed by atoms with Crippen LogP contribution in [0.2, 0.25) is 0 Å². The second-order valence-electron chi connectivity index (χ2n) is 7.76. The molecule has 0 saturated carbocycles. The number of rotatable bonds is 2. The minimum atomic E-state index is -0.793. The fraction of sp³-hybridized carbons (Fsp3) is 0.0625. The van der Waals surface area contributed by atoms with Gasteiger partial charge < -0.3 is 9.13 Å². The Morgan fingerprint density at radius 3 is 1.68 bits per heavy atom. The van der Waals surface area contributed by atoms with Crippen LogP contribution >= 0.6 is 0 Å². The number of fused-ring (bicyclic) bond motifs is 6. The molecular weight excluding hydrogens is 412 g/mol. The van der Waals surface area contributed by atoms with Crippen LogP contribution in [0.1, 0.15) is 35.8 Å². The van der Waals surface area contributed by atoms with E-state index in [0.29, 0.717) is 0 Å². The lowest BCUT2D eigenvalue weighted by atomic mass is 10.1. The van der Waals surface area contributed by atoms with Gasteiger partial charge in [-0.05, 0) is 73.8 Å². The summed E-state index contributed by atoms with van der Waals surface area (Å²) in [4.78, 5) is 0. The predicted molar refractivity (Wildman–Crippen MR) is 145 cm³/mol. The third-order valence-corrected chi connectivity index (χ3v) is 5.61. The van der Waals surface area contributed by atoms with E-state index < -0.39 is 120 Å². The Kier molecular flexibility index (Phi) is 1.77. The second kappa shape index (κ2) is 7.10. The third-order valence-electron chi connectivity index (χ3n) is 5.61. The van der Waals surface area contributed by atoms with Gasteiger partial charge in [-0.1, -0.05) is 59.9 Å². The summed E-state index contributed by atoms with van der Waals surface area (Å²) in [6, 6.07) is -11.3. The molecule has 2 heteroatoms. The van der Waals surface area contributed by atoms with Crippen LogP contribution < -0.4 is 0 Å². The minimum absolute atomic E-state index is 0.0250. The summed E-state index contributed by atoms with van der Waals surface area (Å²) < 4.78 is 160. The number of aromatic nitrogens is 2. The van der Waals surface area contributed by atoms with Crippen molar-refractivity contribution in [3.05, 3.63) is 120 Å². The molecule has 7 aromatic rings. The van der Waals surface area contributed by atoms with Crippen LogP contribution in [0.25, 0.3) is 55.0 Å². The molecular formula is C32H24N2. The van der Waals surface area contributed by atoms with Gasteiger partial charge in [0.25, 0.3) is 0 Å². The molecule has 2 heterocycles. The molecule has 5 aromatic carbocycles. The number of benzene rings is 5. The van der Waals surface area contributed by atoms with Crippen LogP contribution in [0.3, 0.4) is 0 Å². The van der Waals surface area contributed by atoms with Gasteiger partial charge in [0.05, 0.1) is 46.7 Å². The molecule has 34 heavy (non-hydrogen) atoms. The van der Waals surface area contributed by atoms with E-state index >= 15 is 0 Å². The van der Waals surface area contributed by atoms with E-state index in [4.69, 9.17) is 20.6 Å². The summed E-state index contributed by atoms with van der Waals surface area (Å²) in [6.07, 6.45) is 0. The maximum absolute atomic E-state index is 9.62. The number of nitrogens with zero attached hydrogens (tertiary/aromatic N) is 2. The van der Waals surface area contributed by atoms with Gasteiger partial charge in [-0.25, -0.2) is 0 Å². The molecule has 0 fully saturated rings. The van der Waals surface area contributed by atoms with Gasteiger partial charge in [0.15, 0.2) is 0 Å². The highest BCUT2D eigenvalue weighted by Crippen LogP contribution is 2.37. The Labute approximate surface area is 223 Å². The van der Waals surface area contributed by atoms with E-state index in [1.807, 2.05) is 0 Å². The first-order valence-electron chi connectivity index (χ1n) is 19.3. The van der Waals surface area contributed by atoms with Crippen molar-refractivity contribution in [3.8, 4) is 11.4 Å². The number of para-hydroxylation sites is 2. The molecule has 0 aliphatic carbocycles. The molecule has 0 atom stereocenters. The zero-order valence-corrected chi connectivity index (χ0v) is 17.9. The van der Waals surface area contributed by atoms with Crippen LogP contribution in [0.5, 0.6) is 0 Å². The fourth-order valence-electron chi connectivity index (χ4n) is 4.21. The summed E-state index contributed by atoms with van der Waals surface area (Å²) in [5, 5.41) is -1.13. The zero-order valence-electron chi connectivity index (χ0n) is 35.9. The van der Waals surface area contributed by atoms with Crippen molar-refractivity contribution < 1.29 is 24.7 Å². The Balaban J connectivity index is 1.86. The van der Waals surface area contributed by atoms with Crippen molar-refractivity contribution >= 4 is 43.6 Å². The summed E-state index contributed by atoms with van der Waals surface area (Å²) in [5.41, 5.74) is -2.50. The Hall–Kier alpha value is -4.30. The normalized spacial score (nSPS) is 19.2. The minimum Gasteiger partial charge on any atom is -0.309 e. The van der Waals surface area contributed by atoms with Crippen molar-refractivity contribution in [1.82, 2.24) is 9.13 Å². The van der Waals surface area contributed by atoms with Gasteiger partial charge in [0.2, 0.25) is 0 Å². The fourth-order valence-corrected chi connectivity index (χ4v) is 4.21. The van der Waals surface area contributed by atoms with E-state index in [1.54, 1.807) is 0 Å². The summed E-state index contributed by atoms with van der Waals surface area (Å²) in [5.74, 6) is 0. The summed E-state index contributed by atoms with van der Waals surface area (Å²) in [6.45, 7) is 2.75. The molecule has 0 aliphatic heterocycles. The zero-order chi connectivity index (χ0) is 38.5. The lowest BCUT2D eigenvalue weighted by molar-refractivity contribution is 1.16. The SMILES string of the molecule is [2H]c1c([2H])c(C)c([2H])c(-n2c3c([2H])c([2H])c([2H])c([2H])c3c3c([2H])c(-n4c5c([2H])c([2H])c([2H])c([2H])c5c5c([2H])c(C)c([2H])c([2H])c54)c([2H])c([2H])c32)c1[2H]. The molecule has 0 unspecified atom stereocenters. The highest BCUT2D eigenvalue weighted by Gasteiger charge is 2.16. The maximum Gasteiger partial charge on any atom is 0.0652 e. The first kappa shape index (κ1) is 8.48. The average molecular weight is 455 g/mol. The highest BCUT2D eigenvalue weighted by molar-refractivity contribution is 6.12. The maximum atomic E-state index is 9.62. The molecule has 2 aromatic heterocycles. The molecule has 0 spiro atoms. The van der Waals surface area contributed by atoms with Gasteiger partial charge in [0.1, 0.15) is 0 Å². The largest absolute Gasteiger partial charge is 0.309 e. The first-order chi connectivity index (χ1) is 24.2. The Morgan fingerprint density at radius 2 is 0.971 bits per heavy atom. The first-order valence-corrected chi connectivity index (χ1v) is 10.3. The van der Waals surface area contributed by atoms with Crippen LogP contribution in [-0.4, -0.2) is 9.13 Å². The van der Waals surface area contributed by atoms with E-state index in [-0.39, 0.29) is 55.3 Å². The van der Waals surface area contributed by atoms with Gasteiger partial charge >= 0.3 is 0 Å². The number of hydrogen-bond acceptors (Lipinski definition) is 0. The van der Waals surface area contributed by atoms with Crippen LogP contribution in [0.4, 0.5) is 0 Å². The molecule has 0 N–H and O–H groups in total. The van der Waals surface area contributed by atoms with Gasteiger partial charge in [-0.3, -0.25) is 0 Å². The predicted octanol–water partition coefficient (Wildman–Crippen LogP) is 8.50. The Bertz CT molecular complexity index is 2740. The van der Waals surface area contributed by atoms with Crippen LogP contribution in [-0.2, 0) is 0 Å². The number of hydrogen-bond donors (Lipinski definition) is 0. The van der Waals surface area contributed by atoms with E-state index in [9.17, 15) is 4.11 Å². The van der Waals surface area contributed by atoms with Gasteiger partial charge in [0, 0.05) is 32.9 Å². The lowest BCUT2D eigenvalue weighted by Gasteiger charge is -2.11. The highest BCUT2D eigenvalue weighted by atomic mass is 15.0. The lowest BCUT2D eigenvalue weighted by Crippen LogP contribution is -1.96. The molecule has 0 aliphatic rings. The summed E-state index contributed by atoms with van der Waals surface area (Å²) >= 11 is 0. The van der Waals surface area contributed by atoms with E-state index in [1.165, 1.54) is 13.8 Å². The topological polar surface area (TPSA) is 9.86 Å². The average Bonchev–Trinajstić information content (AvgIpc) is 3.65. The van der Waals surface area contributed by atoms with Crippen molar-refractivity contribution in [3.63, 3.8) is 0 Å². The molecule has 0 bridgehead atoms. The van der Waals surface area contributed by atoms with Crippen molar-refractivity contribution in [2.75, 3.05) is 0 Å². The molecule has 162 valence electrons. The van der Waals surface area contributed by atoms with Crippen molar-refractivity contribution in [2.24, 2.45) is 0 Å². The Morgan fingerprint density at radius 1 is 0.441 bits per heavy atom. The van der Waals surface area contributed by atoms with Gasteiger partial charge in [-0.15, -0.1) is 0 Å². The molecule has 2 nitrogen and oxygen atoms in total. The third kappa shape index (κ3) is 2.69. The van der Waals surface area contributed by atoms with Crippen LogP contribution in [0.15, 0.2) is 109 Å². The molecule has 0 radical (unpaired) electrons. The second-order valence-corrected chi connectivity index (χ2v) is 7.76. The monoisotopic (exact) mass is 454 g/mol. The van der Waals surface area contributed by atoms with Crippen molar-refractivity contribution in [1.29, 1.82) is 0 Å².